The number of ether oxygens (including phenoxy) is 2. The standard InChI is InChI=1S/C14H24N2O3/c1-4-9-16-13(11(18-2)10-15-16)14(17)8-6-5-7-12(14)19-3/h10,12,17H,4-9H2,1-3H3. The minimum Gasteiger partial charge on any atom is -0.493 e. The Morgan fingerprint density at radius 2 is 2.26 bits per heavy atom. The largest absolute Gasteiger partial charge is 0.493 e. The van der Waals surface area contributed by atoms with Crippen molar-refractivity contribution in [2.75, 3.05) is 14.2 Å². The average Bonchev–Trinajstić information content (AvgIpc) is 2.83. The lowest BCUT2D eigenvalue weighted by Gasteiger charge is -2.39. The highest BCUT2D eigenvalue weighted by molar-refractivity contribution is 5.32. The molecule has 19 heavy (non-hydrogen) atoms. The molecule has 0 bridgehead atoms. The zero-order chi connectivity index (χ0) is 13.9. The maximum atomic E-state index is 11.1. The fraction of sp³-hybridized carbons (Fsp3) is 0.786. The Kier molecular flexibility index (Phi) is 4.47. The van der Waals surface area contributed by atoms with Crippen molar-refractivity contribution < 1.29 is 14.6 Å². The van der Waals surface area contributed by atoms with Gasteiger partial charge in [-0.3, -0.25) is 4.68 Å². The number of nitrogens with zero attached hydrogens (tertiary/aromatic N) is 2. The van der Waals surface area contributed by atoms with Crippen molar-refractivity contribution in [2.24, 2.45) is 0 Å². The minimum absolute atomic E-state index is 0.192. The highest BCUT2D eigenvalue weighted by atomic mass is 16.5. The molecular weight excluding hydrogens is 244 g/mol. The Morgan fingerprint density at radius 1 is 1.47 bits per heavy atom. The van der Waals surface area contributed by atoms with E-state index in [0.29, 0.717) is 12.2 Å². The van der Waals surface area contributed by atoms with Crippen LogP contribution >= 0.6 is 0 Å². The summed E-state index contributed by atoms with van der Waals surface area (Å²) in [4.78, 5) is 0. The van der Waals surface area contributed by atoms with Crippen LogP contribution in [0.5, 0.6) is 5.75 Å². The number of aliphatic hydroxyl groups is 1. The van der Waals surface area contributed by atoms with Gasteiger partial charge >= 0.3 is 0 Å². The molecule has 0 radical (unpaired) electrons. The third kappa shape index (κ3) is 2.49. The van der Waals surface area contributed by atoms with Crippen molar-refractivity contribution in [1.82, 2.24) is 9.78 Å². The monoisotopic (exact) mass is 268 g/mol. The third-order valence-corrected chi connectivity index (χ3v) is 3.96. The Hall–Kier alpha value is -1.07. The summed E-state index contributed by atoms with van der Waals surface area (Å²) < 4.78 is 12.8. The maximum Gasteiger partial charge on any atom is 0.163 e. The van der Waals surface area contributed by atoms with E-state index < -0.39 is 5.60 Å². The molecule has 1 aliphatic carbocycles. The Labute approximate surface area is 114 Å². The van der Waals surface area contributed by atoms with Gasteiger partial charge in [-0.2, -0.15) is 5.10 Å². The van der Waals surface area contributed by atoms with E-state index in [2.05, 4.69) is 12.0 Å². The first kappa shape index (κ1) is 14.3. The maximum absolute atomic E-state index is 11.1. The van der Waals surface area contributed by atoms with Gasteiger partial charge in [0, 0.05) is 13.7 Å². The first-order valence-electron chi connectivity index (χ1n) is 7.02. The molecule has 5 heteroatoms. The van der Waals surface area contributed by atoms with Crippen LogP contribution in [-0.4, -0.2) is 35.2 Å². The molecule has 1 aliphatic rings. The molecule has 0 saturated heterocycles. The van der Waals surface area contributed by atoms with Crippen LogP contribution in [0.25, 0.3) is 0 Å². The van der Waals surface area contributed by atoms with Crippen molar-refractivity contribution >= 4 is 0 Å². The van der Waals surface area contributed by atoms with E-state index in [1.807, 2.05) is 4.68 Å². The van der Waals surface area contributed by atoms with Gasteiger partial charge in [-0.15, -0.1) is 0 Å². The zero-order valence-electron chi connectivity index (χ0n) is 12.1. The lowest BCUT2D eigenvalue weighted by atomic mass is 9.79. The molecule has 1 heterocycles. The molecule has 5 nitrogen and oxygen atoms in total. The van der Waals surface area contributed by atoms with E-state index in [-0.39, 0.29) is 6.10 Å². The molecule has 2 unspecified atom stereocenters. The van der Waals surface area contributed by atoms with Crippen LogP contribution in [0.15, 0.2) is 6.20 Å². The van der Waals surface area contributed by atoms with Crippen molar-refractivity contribution in [1.29, 1.82) is 0 Å². The van der Waals surface area contributed by atoms with Crippen LogP contribution in [0.3, 0.4) is 0 Å². The fourth-order valence-corrected chi connectivity index (χ4v) is 3.04. The first-order valence-corrected chi connectivity index (χ1v) is 7.02. The summed E-state index contributed by atoms with van der Waals surface area (Å²) in [5.74, 6) is 0.653. The summed E-state index contributed by atoms with van der Waals surface area (Å²) in [6.45, 7) is 2.87. The molecule has 1 fully saturated rings. The SMILES string of the molecule is CCCn1ncc(OC)c1C1(O)CCCCC1OC. The summed E-state index contributed by atoms with van der Waals surface area (Å²) in [5.41, 5.74) is -0.229. The minimum atomic E-state index is -0.996. The van der Waals surface area contributed by atoms with Crippen molar-refractivity contribution in [2.45, 2.75) is 57.3 Å². The molecule has 2 atom stereocenters. The van der Waals surface area contributed by atoms with Crippen LogP contribution in [0.4, 0.5) is 0 Å². The predicted octanol–water partition coefficient (Wildman–Crippen LogP) is 2.08. The summed E-state index contributed by atoms with van der Waals surface area (Å²) in [7, 11) is 3.28. The van der Waals surface area contributed by atoms with Crippen LogP contribution in [0.2, 0.25) is 0 Å². The van der Waals surface area contributed by atoms with E-state index in [1.54, 1.807) is 20.4 Å². The Balaban J connectivity index is 2.44. The van der Waals surface area contributed by atoms with E-state index >= 15 is 0 Å². The van der Waals surface area contributed by atoms with Gasteiger partial charge in [-0.05, 0) is 25.7 Å². The normalized spacial score (nSPS) is 27.5. The van der Waals surface area contributed by atoms with Gasteiger partial charge in [-0.25, -0.2) is 0 Å². The Morgan fingerprint density at radius 3 is 2.89 bits per heavy atom. The van der Waals surface area contributed by atoms with Crippen LogP contribution in [0.1, 0.15) is 44.7 Å². The molecule has 0 spiro atoms. The number of hydrogen-bond acceptors (Lipinski definition) is 4. The third-order valence-electron chi connectivity index (χ3n) is 3.96. The molecule has 0 aliphatic heterocycles. The van der Waals surface area contributed by atoms with Crippen LogP contribution in [0, 0.1) is 0 Å². The lowest BCUT2D eigenvalue weighted by Crippen LogP contribution is -2.45. The van der Waals surface area contributed by atoms with E-state index in [9.17, 15) is 5.11 Å². The predicted molar refractivity (Wildman–Crippen MR) is 72.2 cm³/mol. The molecule has 1 saturated carbocycles. The Bertz CT molecular complexity index is 419. The summed E-state index contributed by atoms with van der Waals surface area (Å²) in [6.07, 6.45) is 6.10. The number of hydrogen-bond donors (Lipinski definition) is 1. The number of methoxy groups -OCH3 is 2. The molecular formula is C14H24N2O3. The molecule has 0 amide bonds. The van der Waals surface area contributed by atoms with E-state index in [0.717, 1.165) is 37.9 Å². The second-order valence-electron chi connectivity index (χ2n) is 5.18. The number of aromatic nitrogens is 2. The highest BCUT2D eigenvalue weighted by Gasteiger charge is 2.45. The molecule has 1 N–H and O–H groups in total. The molecule has 1 aromatic rings. The fourth-order valence-electron chi connectivity index (χ4n) is 3.04. The van der Waals surface area contributed by atoms with Crippen molar-refractivity contribution in [3.8, 4) is 5.75 Å². The first-order chi connectivity index (χ1) is 9.17. The van der Waals surface area contributed by atoms with E-state index in [1.165, 1.54) is 0 Å². The highest BCUT2D eigenvalue weighted by Crippen LogP contribution is 2.42. The number of rotatable bonds is 5. The number of aryl methyl sites for hydroxylation is 1. The molecule has 108 valence electrons. The van der Waals surface area contributed by atoms with Crippen LogP contribution < -0.4 is 4.74 Å². The van der Waals surface area contributed by atoms with Gasteiger partial charge in [-0.1, -0.05) is 13.3 Å². The molecule has 0 aromatic carbocycles. The van der Waals surface area contributed by atoms with Gasteiger partial charge in [0.15, 0.2) is 5.75 Å². The quantitative estimate of drug-likeness (QED) is 0.888. The van der Waals surface area contributed by atoms with Gasteiger partial charge in [0.2, 0.25) is 0 Å². The van der Waals surface area contributed by atoms with Gasteiger partial charge in [0.05, 0.1) is 19.4 Å². The summed E-state index contributed by atoms with van der Waals surface area (Å²) in [6, 6.07) is 0. The second kappa shape index (κ2) is 5.92. The zero-order valence-corrected chi connectivity index (χ0v) is 12.1. The lowest BCUT2D eigenvalue weighted by molar-refractivity contribution is -0.128. The van der Waals surface area contributed by atoms with E-state index in [4.69, 9.17) is 9.47 Å². The van der Waals surface area contributed by atoms with Crippen molar-refractivity contribution in [3.05, 3.63) is 11.9 Å². The van der Waals surface area contributed by atoms with Gasteiger partial charge in [0.1, 0.15) is 11.3 Å². The second-order valence-corrected chi connectivity index (χ2v) is 5.18. The summed E-state index contributed by atoms with van der Waals surface area (Å²) >= 11 is 0. The van der Waals surface area contributed by atoms with Gasteiger partial charge in [0.25, 0.3) is 0 Å². The molecule has 1 aromatic heterocycles. The van der Waals surface area contributed by atoms with Gasteiger partial charge < -0.3 is 14.6 Å². The molecule has 2 rings (SSSR count). The topological polar surface area (TPSA) is 56.5 Å². The van der Waals surface area contributed by atoms with Crippen molar-refractivity contribution in [3.63, 3.8) is 0 Å². The summed E-state index contributed by atoms with van der Waals surface area (Å²) in [5, 5.41) is 15.5. The smallest absolute Gasteiger partial charge is 0.163 e. The van der Waals surface area contributed by atoms with Crippen LogP contribution in [-0.2, 0) is 16.9 Å². The average molecular weight is 268 g/mol.